The zero-order valence-electron chi connectivity index (χ0n) is 16.1. The molecule has 29 heavy (non-hydrogen) atoms. The fourth-order valence-corrected chi connectivity index (χ4v) is 3.38. The van der Waals surface area contributed by atoms with Crippen molar-refractivity contribution in [2.45, 2.75) is 12.5 Å². The van der Waals surface area contributed by atoms with E-state index in [1.54, 1.807) is 25.3 Å². The van der Waals surface area contributed by atoms with E-state index in [2.05, 4.69) is 0 Å². The van der Waals surface area contributed by atoms with Crippen LogP contribution in [0.5, 0.6) is 5.75 Å². The van der Waals surface area contributed by atoms with Gasteiger partial charge in [-0.3, -0.25) is 9.59 Å². The number of carbonyl (C=O) groups is 2. The number of rotatable bonds is 8. The van der Waals surface area contributed by atoms with Crippen LogP contribution < -0.4 is 0 Å². The Balaban J connectivity index is 1.96. The van der Waals surface area contributed by atoms with Crippen LogP contribution in [0.25, 0.3) is 6.08 Å². The largest absolute Gasteiger partial charge is 0.508 e. The molecule has 0 saturated carbocycles. The normalized spacial score (nSPS) is 16.8. The second kappa shape index (κ2) is 9.21. The van der Waals surface area contributed by atoms with Crippen LogP contribution in [0.15, 0.2) is 72.0 Å². The molecule has 1 amide bonds. The molecule has 0 radical (unpaired) electrons. The lowest BCUT2D eigenvalue weighted by Crippen LogP contribution is -2.32. The number of hydrogen-bond acceptors (Lipinski definition) is 5. The number of phenolic OH excluding ortho intramolecular Hbond substituents is 1. The summed E-state index contributed by atoms with van der Waals surface area (Å²) in [5, 5.41) is 20.4. The highest BCUT2D eigenvalue weighted by Crippen LogP contribution is 2.38. The molecule has 1 unspecified atom stereocenters. The van der Waals surface area contributed by atoms with Crippen molar-refractivity contribution >= 4 is 17.8 Å². The third-order valence-corrected chi connectivity index (χ3v) is 4.73. The molecule has 1 aliphatic heterocycles. The van der Waals surface area contributed by atoms with E-state index in [0.717, 1.165) is 5.56 Å². The number of ketones is 1. The minimum absolute atomic E-state index is 0.00481. The van der Waals surface area contributed by atoms with Crippen LogP contribution in [-0.4, -0.2) is 47.1 Å². The predicted octanol–water partition coefficient (Wildman–Crippen LogP) is 3.41. The molecule has 0 spiro atoms. The molecule has 3 rings (SSSR count). The molecule has 1 atom stereocenters. The van der Waals surface area contributed by atoms with Gasteiger partial charge in [-0.15, -0.1) is 0 Å². The van der Waals surface area contributed by atoms with Crippen molar-refractivity contribution in [2.75, 3.05) is 20.3 Å². The van der Waals surface area contributed by atoms with Crippen LogP contribution in [0, 0.1) is 0 Å². The number of allylic oxidation sites excluding steroid dienone is 1. The highest BCUT2D eigenvalue weighted by Gasteiger charge is 2.42. The number of hydrogen-bond donors (Lipinski definition) is 2. The number of aliphatic hydroxyl groups is 1. The maximum absolute atomic E-state index is 12.9. The number of aliphatic hydroxyl groups excluding tert-OH is 1. The highest BCUT2D eigenvalue weighted by molar-refractivity contribution is 6.14. The van der Waals surface area contributed by atoms with Crippen molar-refractivity contribution in [1.29, 1.82) is 0 Å². The minimum Gasteiger partial charge on any atom is -0.508 e. The number of carbonyl (C=O) groups excluding carboxylic acids is 2. The lowest BCUT2D eigenvalue weighted by molar-refractivity contribution is -0.129. The van der Waals surface area contributed by atoms with Gasteiger partial charge >= 0.3 is 0 Å². The third-order valence-electron chi connectivity index (χ3n) is 4.73. The van der Waals surface area contributed by atoms with Crippen LogP contribution in [0.3, 0.4) is 0 Å². The van der Waals surface area contributed by atoms with Gasteiger partial charge in [-0.2, -0.15) is 0 Å². The molecule has 2 aromatic rings. The Morgan fingerprint density at radius 2 is 1.90 bits per heavy atom. The standard InChI is InChI=1S/C23H23NO5/c1-29-14-6-13-24-21(17-9-5-10-18(25)15-17)20(22(27)23(24)28)19(26)12-11-16-7-3-2-4-8-16/h2-5,7-12,15,21,25,27H,6,13-14H2,1H3. The van der Waals surface area contributed by atoms with E-state index in [1.807, 2.05) is 30.3 Å². The first-order valence-electron chi connectivity index (χ1n) is 9.32. The molecule has 150 valence electrons. The van der Waals surface area contributed by atoms with Gasteiger partial charge < -0.3 is 19.8 Å². The molecule has 0 fully saturated rings. The van der Waals surface area contributed by atoms with Crippen LogP contribution in [0.1, 0.15) is 23.6 Å². The van der Waals surface area contributed by atoms with Crippen molar-refractivity contribution in [2.24, 2.45) is 0 Å². The molecule has 0 saturated heterocycles. The molecule has 1 aliphatic rings. The van der Waals surface area contributed by atoms with E-state index >= 15 is 0 Å². The van der Waals surface area contributed by atoms with Crippen LogP contribution in [-0.2, 0) is 14.3 Å². The van der Waals surface area contributed by atoms with E-state index in [4.69, 9.17) is 4.74 Å². The molecular formula is C23H23NO5. The fourth-order valence-electron chi connectivity index (χ4n) is 3.38. The first-order chi connectivity index (χ1) is 14.0. The Bertz CT molecular complexity index is 949. The monoisotopic (exact) mass is 393 g/mol. The Hall–Kier alpha value is -3.38. The van der Waals surface area contributed by atoms with Gasteiger partial charge in [0, 0.05) is 20.3 Å². The Morgan fingerprint density at radius 1 is 1.14 bits per heavy atom. The van der Waals surface area contributed by atoms with Crippen molar-refractivity contribution in [1.82, 2.24) is 4.90 Å². The second-order valence-electron chi connectivity index (χ2n) is 6.71. The smallest absolute Gasteiger partial charge is 0.290 e. The van der Waals surface area contributed by atoms with Gasteiger partial charge in [-0.25, -0.2) is 0 Å². The van der Waals surface area contributed by atoms with Crippen LogP contribution >= 0.6 is 0 Å². The van der Waals surface area contributed by atoms with E-state index in [-0.39, 0.29) is 11.3 Å². The molecule has 6 nitrogen and oxygen atoms in total. The molecular weight excluding hydrogens is 370 g/mol. The molecule has 0 aromatic heterocycles. The van der Waals surface area contributed by atoms with Gasteiger partial charge in [-0.1, -0.05) is 48.5 Å². The van der Waals surface area contributed by atoms with E-state index in [9.17, 15) is 19.8 Å². The fraction of sp³-hybridized carbons (Fsp3) is 0.217. The summed E-state index contributed by atoms with van der Waals surface area (Å²) in [7, 11) is 1.57. The maximum atomic E-state index is 12.9. The lowest BCUT2D eigenvalue weighted by Gasteiger charge is -2.26. The van der Waals surface area contributed by atoms with Gasteiger partial charge in [-0.05, 0) is 35.8 Å². The summed E-state index contributed by atoms with van der Waals surface area (Å²) >= 11 is 0. The van der Waals surface area contributed by atoms with Crippen molar-refractivity contribution in [3.63, 3.8) is 0 Å². The molecule has 0 aliphatic carbocycles. The average Bonchev–Trinajstić information content (AvgIpc) is 2.98. The van der Waals surface area contributed by atoms with Crippen molar-refractivity contribution in [3.05, 3.63) is 83.1 Å². The summed E-state index contributed by atoms with van der Waals surface area (Å²) in [6.07, 6.45) is 3.54. The first-order valence-corrected chi connectivity index (χ1v) is 9.32. The van der Waals surface area contributed by atoms with Gasteiger partial charge in [0.25, 0.3) is 5.91 Å². The molecule has 1 heterocycles. The summed E-state index contributed by atoms with van der Waals surface area (Å²) in [6.45, 7) is 0.741. The molecule has 6 heteroatoms. The van der Waals surface area contributed by atoms with Crippen molar-refractivity contribution in [3.8, 4) is 5.75 Å². The zero-order valence-corrected chi connectivity index (χ0v) is 16.1. The molecule has 2 aromatic carbocycles. The number of methoxy groups -OCH3 is 1. The third kappa shape index (κ3) is 4.55. The summed E-state index contributed by atoms with van der Waals surface area (Å²) < 4.78 is 5.05. The summed E-state index contributed by atoms with van der Waals surface area (Å²) in [5.74, 6) is -1.60. The number of aromatic hydroxyl groups is 1. The van der Waals surface area contributed by atoms with Gasteiger partial charge in [0.05, 0.1) is 11.6 Å². The number of ether oxygens (including phenoxy) is 1. The Morgan fingerprint density at radius 3 is 2.59 bits per heavy atom. The highest BCUT2D eigenvalue weighted by atomic mass is 16.5. The minimum atomic E-state index is -0.778. The van der Waals surface area contributed by atoms with E-state index in [0.29, 0.717) is 25.1 Å². The lowest BCUT2D eigenvalue weighted by atomic mass is 9.95. The Labute approximate surface area is 169 Å². The van der Waals surface area contributed by atoms with Gasteiger partial charge in [0.1, 0.15) is 5.75 Å². The second-order valence-corrected chi connectivity index (χ2v) is 6.71. The summed E-state index contributed by atoms with van der Waals surface area (Å²) in [5.41, 5.74) is 1.39. The maximum Gasteiger partial charge on any atom is 0.290 e. The number of nitrogens with zero attached hydrogens (tertiary/aromatic N) is 1. The van der Waals surface area contributed by atoms with Gasteiger partial charge in [0.2, 0.25) is 0 Å². The van der Waals surface area contributed by atoms with E-state index in [1.165, 1.54) is 23.1 Å². The zero-order chi connectivity index (χ0) is 20.8. The van der Waals surface area contributed by atoms with Crippen LogP contribution in [0.2, 0.25) is 0 Å². The quantitative estimate of drug-likeness (QED) is 0.530. The molecule has 2 N–H and O–H groups in total. The molecule has 0 bridgehead atoms. The Kier molecular flexibility index (Phi) is 6.46. The summed E-state index contributed by atoms with van der Waals surface area (Å²) in [6, 6.07) is 14.9. The van der Waals surface area contributed by atoms with E-state index < -0.39 is 23.5 Å². The topological polar surface area (TPSA) is 87.1 Å². The summed E-state index contributed by atoms with van der Waals surface area (Å²) in [4.78, 5) is 27.1. The number of phenols is 1. The average molecular weight is 393 g/mol. The predicted molar refractivity (Wildman–Crippen MR) is 109 cm³/mol. The number of amides is 1. The number of benzene rings is 2. The SMILES string of the molecule is COCCCN1C(=O)C(O)=C(C(=O)C=Cc2ccccc2)C1c1cccc(O)c1. The van der Waals surface area contributed by atoms with Gasteiger partial charge in [0.15, 0.2) is 11.5 Å². The van der Waals surface area contributed by atoms with Crippen LogP contribution in [0.4, 0.5) is 0 Å². The van der Waals surface area contributed by atoms with Crippen molar-refractivity contribution < 1.29 is 24.5 Å². The first kappa shape index (κ1) is 20.4.